The summed E-state index contributed by atoms with van der Waals surface area (Å²) in [6, 6.07) is -0.292. The largest absolute Gasteiger partial charge is 0.354 e. The number of hydrogen-bond acceptors (Lipinski definition) is 2. The van der Waals surface area contributed by atoms with Crippen LogP contribution in [-0.4, -0.2) is 24.4 Å². The van der Waals surface area contributed by atoms with Gasteiger partial charge in [0.05, 0.1) is 0 Å². The smallest absolute Gasteiger partial charge is 0.242 e. The molecule has 1 aliphatic rings. The Labute approximate surface area is 142 Å². The third kappa shape index (κ3) is 10.4. The first kappa shape index (κ1) is 20.0. The molecule has 2 amide bonds. The van der Waals surface area contributed by atoms with E-state index in [0.717, 1.165) is 13.0 Å². The van der Waals surface area contributed by atoms with E-state index in [0.29, 0.717) is 12.8 Å². The molecule has 0 aromatic heterocycles. The van der Waals surface area contributed by atoms with E-state index in [-0.39, 0.29) is 17.9 Å². The maximum Gasteiger partial charge on any atom is 0.242 e. The minimum Gasteiger partial charge on any atom is -0.354 e. The van der Waals surface area contributed by atoms with Gasteiger partial charge in [-0.05, 0) is 12.8 Å². The zero-order valence-electron chi connectivity index (χ0n) is 15.0. The summed E-state index contributed by atoms with van der Waals surface area (Å²) < 4.78 is 0. The van der Waals surface area contributed by atoms with Crippen molar-refractivity contribution in [1.29, 1.82) is 0 Å². The Morgan fingerprint density at radius 1 is 0.957 bits per heavy atom. The molecule has 0 spiro atoms. The molecule has 1 aliphatic heterocycles. The molecule has 1 atom stereocenters. The molecule has 1 fully saturated rings. The molecular weight excluding hydrogens is 288 g/mol. The Bertz CT molecular complexity index is 331. The van der Waals surface area contributed by atoms with E-state index < -0.39 is 0 Å². The maximum absolute atomic E-state index is 11.8. The predicted molar refractivity (Wildman–Crippen MR) is 95.3 cm³/mol. The van der Waals surface area contributed by atoms with Gasteiger partial charge in [0.15, 0.2) is 0 Å². The van der Waals surface area contributed by atoms with Crippen molar-refractivity contribution in [2.45, 2.75) is 103 Å². The molecule has 4 heteroatoms. The van der Waals surface area contributed by atoms with Gasteiger partial charge in [0, 0.05) is 13.0 Å². The quantitative estimate of drug-likeness (QED) is 0.473. The highest BCUT2D eigenvalue weighted by Crippen LogP contribution is 2.12. The molecule has 134 valence electrons. The van der Waals surface area contributed by atoms with Gasteiger partial charge in [0.2, 0.25) is 11.8 Å². The van der Waals surface area contributed by atoms with Crippen LogP contribution in [0, 0.1) is 0 Å². The first-order valence-corrected chi connectivity index (χ1v) is 9.81. The average molecular weight is 325 g/mol. The second-order valence-corrected chi connectivity index (χ2v) is 6.84. The summed E-state index contributed by atoms with van der Waals surface area (Å²) in [4.78, 5) is 22.8. The second kappa shape index (κ2) is 13.4. The Kier molecular flexibility index (Phi) is 11.6. The predicted octanol–water partition coefficient (Wildman–Crippen LogP) is 4.08. The Morgan fingerprint density at radius 2 is 1.48 bits per heavy atom. The molecule has 0 saturated carbocycles. The van der Waals surface area contributed by atoms with Crippen molar-refractivity contribution < 1.29 is 9.59 Å². The molecule has 0 aromatic carbocycles. The summed E-state index contributed by atoms with van der Waals surface area (Å²) >= 11 is 0. The number of unbranched alkanes of at least 4 members (excludes halogenated alkanes) is 11. The summed E-state index contributed by atoms with van der Waals surface area (Å²) in [6.07, 6.45) is 17.0. The molecule has 0 aromatic rings. The topological polar surface area (TPSA) is 58.2 Å². The third-order valence-corrected chi connectivity index (χ3v) is 4.64. The zero-order valence-corrected chi connectivity index (χ0v) is 15.0. The standard InChI is InChI=1S/C19H36N2O2/c1-2-3-4-5-6-7-8-9-10-11-12-13-16-20-19(23)17-14-15-18(22)21-17/h17H,2-16H2,1H3,(H,20,23)(H,21,22)/t17-/m0/s1. The lowest BCUT2D eigenvalue weighted by atomic mass is 10.1. The lowest BCUT2D eigenvalue weighted by molar-refractivity contribution is -0.125. The van der Waals surface area contributed by atoms with E-state index >= 15 is 0 Å². The highest BCUT2D eigenvalue weighted by Gasteiger charge is 2.26. The number of rotatable bonds is 14. The molecule has 0 unspecified atom stereocenters. The van der Waals surface area contributed by atoms with Crippen molar-refractivity contribution in [3.05, 3.63) is 0 Å². The van der Waals surface area contributed by atoms with Gasteiger partial charge in [-0.2, -0.15) is 0 Å². The second-order valence-electron chi connectivity index (χ2n) is 6.84. The first-order chi connectivity index (χ1) is 11.2. The Balaban J connectivity index is 1.78. The summed E-state index contributed by atoms with van der Waals surface area (Å²) in [5.74, 6) is -0.0190. The molecule has 0 radical (unpaired) electrons. The first-order valence-electron chi connectivity index (χ1n) is 9.81. The number of carbonyl (C=O) groups excluding carboxylic acids is 2. The monoisotopic (exact) mass is 324 g/mol. The van der Waals surface area contributed by atoms with Crippen molar-refractivity contribution in [3.63, 3.8) is 0 Å². The molecule has 1 saturated heterocycles. The van der Waals surface area contributed by atoms with Crippen LogP contribution in [0.25, 0.3) is 0 Å². The van der Waals surface area contributed by atoms with Gasteiger partial charge in [-0.15, -0.1) is 0 Å². The molecule has 1 heterocycles. The van der Waals surface area contributed by atoms with Crippen molar-refractivity contribution in [3.8, 4) is 0 Å². The summed E-state index contributed by atoms with van der Waals surface area (Å²) in [5.41, 5.74) is 0. The Morgan fingerprint density at radius 3 is 1.96 bits per heavy atom. The van der Waals surface area contributed by atoms with Crippen molar-refractivity contribution in [2.75, 3.05) is 6.54 Å². The minimum atomic E-state index is -0.292. The lowest BCUT2D eigenvalue weighted by Crippen LogP contribution is -2.41. The number of nitrogens with one attached hydrogen (secondary N) is 2. The lowest BCUT2D eigenvalue weighted by Gasteiger charge is -2.10. The van der Waals surface area contributed by atoms with Crippen LogP contribution >= 0.6 is 0 Å². The molecule has 0 bridgehead atoms. The Hall–Kier alpha value is -1.06. The van der Waals surface area contributed by atoms with E-state index in [2.05, 4.69) is 17.6 Å². The number of hydrogen-bond donors (Lipinski definition) is 2. The number of amides is 2. The van der Waals surface area contributed by atoms with Crippen LogP contribution in [0.3, 0.4) is 0 Å². The van der Waals surface area contributed by atoms with Crippen LogP contribution in [0.15, 0.2) is 0 Å². The van der Waals surface area contributed by atoms with Crippen LogP contribution in [0.1, 0.15) is 96.8 Å². The van der Waals surface area contributed by atoms with Gasteiger partial charge < -0.3 is 10.6 Å². The van der Waals surface area contributed by atoms with Crippen LogP contribution in [0.2, 0.25) is 0 Å². The molecule has 4 nitrogen and oxygen atoms in total. The van der Waals surface area contributed by atoms with Gasteiger partial charge in [0.25, 0.3) is 0 Å². The SMILES string of the molecule is CCCCCCCCCCCCCCNC(=O)[C@@H]1CCC(=O)N1. The molecule has 23 heavy (non-hydrogen) atoms. The maximum atomic E-state index is 11.8. The molecular formula is C19H36N2O2. The zero-order chi connectivity index (χ0) is 16.8. The summed E-state index contributed by atoms with van der Waals surface area (Å²) in [5, 5.41) is 5.63. The summed E-state index contributed by atoms with van der Waals surface area (Å²) in [7, 11) is 0. The fraction of sp³-hybridized carbons (Fsp3) is 0.895. The van der Waals surface area contributed by atoms with E-state index in [4.69, 9.17) is 0 Å². The minimum absolute atomic E-state index is 0.00415. The molecule has 1 rings (SSSR count). The van der Waals surface area contributed by atoms with Crippen LogP contribution < -0.4 is 10.6 Å². The van der Waals surface area contributed by atoms with E-state index in [1.807, 2.05) is 0 Å². The third-order valence-electron chi connectivity index (χ3n) is 4.64. The van der Waals surface area contributed by atoms with E-state index in [1.165, 1.54) is 70.6 Å². The fourth-order valence-electron chi connectivity index (χ4n) is 3.11. The van der Waals surface area contributed by atoms with Crippen LogP contribution in [0.4, 0.5) is 0 Å². The number of carbonyl (C=O) groups is 2. The van der Waals surface area contributed by atoms with Gasteiger partial charge >= 0.3 is 0 Å². The van der Waals surface area contributed by atoms with Crippen LogP contribution in [0.5, 0.6) is 0 Å². The normalized spacial score (nSPS) is 17.3. The van der Waals surface area contributed by atoms with E-state index in [9.17, 15) is 9.59 Å². The van der Waals surface area contributed by atoms with Gasteiger partial charge in [-0.25, -0.2) is 0 Å². The summed E-state index contributed by atoms with van der Waals surface area (Å²) in [6.45, 7) is 3.00. The van der Waals surface area contributed by atoms with Crippen molar-refractivity contribution >= 4 is 11.8 Å². The molecule has 0 aliphatic carbocycles. The van der Waals surface area contributed by atoms with Crippen LogP contribution in [-0.2, 0) is 9.59 Å². The highest BCUT2D eigenvalue weighted by atomic mass is 16.2. The average Bonchev–Trinajstić information content (AvgIpc) is 2.98. The van der Waals surface area contributed by atoms with Gasteiger partial charge in [-0.1, -0.05) is 77.6 Å². The van der Waals surface area contributed by atoms with E-state index in [1.54, 1.807) is 0 Å². The molecule has 2 N–H and O–H groups in total. The fourth-order valence-corrected chi connectivity index (χ4v) is 3.11. The van der Waals surface area contributed by atoms with Crippen molar-refractivity contribution in [2.24, 2.45) is 0 Å². The van der Waals surface area contributed by atoms with Crippen molar-refractivity contribution in [1.82, 2.24) is 10.6 Å². The van der Waals surface area contributed by atoms with Gasteiger partial charge in [0.1, 0.15) is 6.04 Å². The highest BCUT2D eigenvalue weighted by molar-refractivity contribution is 5.90. The van der Waals surface area contributed by atoms with Gasteiger partial charge in [-0.3, -0.25) is 9.59 Å².